The average Bonchev–Trinajstić information content (AvgIpc) is 2.78. The second-order valence-corrected chi connectivity index (χ2v) is 8.02. The minimum atomic E-state index is -1.52. The van der Waals surface area contributed by atoms with Crippen LogP contribution < -0.4 is 4.74 Å². The fourth-order valence-electron chi connectivity index (χ4n) is 4.32. The van der Waals surface area contributed by atoms with Gasteiger partial charge in [-0.15, -0.1) is 0 Å². The first-order chi connectivity index (χ1) is 15.0. The van der Waals surface area contributed by atoms with Gasteiger partial charge in [0.2, 0.25) is 0 Å². The highest BCUT2D eigenvalue weighted by Gasteiger charge is 2.21. The van der Waals surface area contributed by atoms with Gasteiger partial charge in [-0.3, -0.25) is 0 Å². The van der Waals surface area contributed by atoms with Gasteiger partial charge in [0.1, 0.15) is 5.75 Å². The van der Waals surface area contributed by atoms with E-state index in [1.165, 1.54) is 36.6 Å². The molecular weight excluding hydrogens is 401 g/mol. The van der Waals surface area contributed by atoms with Gasteiger partial charge in [-0.05, 0) is 91.8 Å². The monoisotopic (exact) mass is 424 g/mol. The Labute approximate surface area is 179 Å². The standard InChI is InChI=1S/C26H23F3O2/c1-2-3-16-4-6-17(7-5-16)18-8-10-19(11-9-18)26(30)31-21-12-13-22-20(14-21)15-23(27)25(29)24(22)28/h2-3,8-17H,4-7H2,1H3/b3-2+. The number of hydrogen-bond donors (Lipinski definition) is 0. The Bertz CT molecular complexity index is 1130. The van der Waals surface area contributed by atoms with Crippen LogP contribution in [0.4, 0.5) is 13.2 Å². The van der Waals surface area contributed by atoms with Gasteiger partial charge in [0.05, 0.1) is 5.56 Å². The number of hydrogen-bond acceptors (Lipinski definition) is 2. The third-order valence-electron chi connectivity index (χ3n) is 6.01. The van der Waals surface area contributed by atoms with Crippen molar-refractivity contribution in [3.8, 4) is 5.75 Å². The number of allylic oxidation sites excluding steroid dienone is 2. The Balaban J connectivity index is 1.45. The Morgan fingerprint density at radius 2 is 1.65 bits per heavy atom. The summed E-state index contributed by atoms with van der Waals surface area (Å²) in [6.45, 7) is 2.05. The minimum absolute atomic E-state index is 0.0767. The first kappa shape index (κ1) is 21.2. The molecule has 0 atom stereocenters. The van der Waals surface area contributed by atoms with Crippen molar-refractivity contribution in [2.75, 3.05) is 0 Å². The number of esters is 1. The van der Waals surface area contributed by atoms with Gasteiger partial charge in [-0.2, -0.15) is 0 Å². The largest absolute Gasteiger partial charge is 0.423 e. The van der Waals surface area contributed by atoms with Gasteiger partial charge in [0.15, 0.2) is 17.5 Å². The van der Waals surface area contributed by atoms with Crippen molar-refractivity contribution in [2.24, 2.45) is 5.92 Å². The molecule has 0 N–H and O–H groups in total. The normalized spacial score (nSPS) is 19.1. The molecule has 1 fully saturated rings. The van der Waals surface area contributed by atoms with E-state index >= 15 is 0 Å². The van der Waals surface area contributed by atoms with Gasteiger partial charge < -0.3 is 4.74 Å². The predicted octanol–water partition coefficient (Wildman–Crippen LogP) is 7.33. The van der Waals surface area contributed by atoms with Gasteiger partial charge in [-0.25, -0.2) is 18.0 Å². The molecule has 3 aromatic carbocycles. The molecule has 160 valence electrons. The third kappa shape index (κ3) is 4.50. The molecule has 0 spiro atoms. The number of fused-ring (bicyclic) bond motifs is 1. The van der Waals surface area contributed by atoms with E-state index in [1.54, 1.807) is 12.1 Å². The summed E-state index contributed by atoms with van der Waals surface area (Å²) < 4.78 is 46.1. The summed E-state index contributed by atoms with van der Waals surface area (Å²) in [4.78, 5) is 12.5. The zero-order chi connectivity index (χ0) is 22.0. The number of ether oxygens (including phenoxy) is 1. The van der Waals surface area contributed by atoms with Crippen LogP contribution in [0.5, 0.6) is 5.75 Å². The molecule has 31 heavy (non-hydrogen) atoms. The lowest BCUT2D eigenvalue weighted by Gasteiger charge is -2.27. The average molecular weight is 424 g/mol. The van der Waals surface area contributed by atoms with Crippen molar-refractivity contribution >= 4 is 16.7 Å². The summed E-state index contributed by atoms with van der Waals surface area (Å²) in [5, 5.41) is 0.0396. The van der Waals surface area contributed by atoms with Crippen LogP contribution in [0.2, 0.25) is 0 Å². The molecule has 2 nitrogen and oxygen atoms in total. The summed E-state index contributed by atoms with van der Waals surface area (Å²) in [7, 11) is 0. The maximum atomic E-state index is 13.8. The highest BCUT2D eigenvalue weighted by atomic mass is 19.2. The molecule has 1 saturated carbocycles. The quantitative estimate of drug-likeness (QED) is 0.190. The molecule has 4 rings (SSSR count). The Hall–Kier alpha value is -3.08. The topological polar surface area (TPSA) is 26.3 Å². The maximum Gasteiger partial charge on any atom is 0.343 e. The molecule has 0 heterocycles. The molecule has 3 aromatic rings. The van der Waals surface area contributed by atoms with Gasteiger partial charge in [-0.1, -0.05) is 24.3 Å². The molecule has 0 aromatic heterocycles. The molecule has 0 saturated heterocycles. The molecule has 1 aliphatic carbocycles. The van der Waals surface area contributed by atoms with E-state index in [1.807, 2.05) is 12.1 Å². The van der Waals surface area contributed by atoms with Crippen LogP contribution in [0.15, 0.2) is 60.7 Å². The van der Waals surface area contributed by atoms with Crippen molar-refractivity contribution in [3.63, 3.8) is 0 Å². The summed E-state index contributed by atoms with van der Waals surface area (Å²) >= 11 is 0. The van der Waals surface area contributed by atoms with Crippen LogP contribution in [0.1, 0.15) is 54.4 Å². The van der Waals surface area contributed by atoms with E-state index in [9.17, 15) is 18.0 Å². The van der Waals surface area contributed by atoms with Gasteiger partial charge in [0.25, 0.3) is 0 Å². The highest BCUT2D eigenvalue weighted by Crippen LogP contribution is 2.36. The van der Waals surface area contributed by atoms with Gasteiger partial charge in [0, 0.05) is 5.39 Å². The van der Waals surface area contributed by atoms with Crippen LogP contribution in [0.3, 0.4) is 0 Å². The summed E-state index contributed by atoms with van der Waals surface area (Å²) in [5.41, 5.74) is 1.61. The van der Waals surface area contributed by atoms with E-state index in [0.29, 0.717) is 17.4 Å². The zero-order valence-corrected chi connectivity index (χ0v) is 17.2. The molecule has 0 unspecified atom stereocenters. The molecule has 0 bridgehead atoms. The van der Waals surface area contributed by atoms with Crippen LogP contribution in [0, 0.1) is 23.4 Å². The lowest BCUT2D eigenvalue weighted by atomic mass is 9.78. The number of rotatable bonds is 4. The van der Waals surface area contributed by atoms with Crippen molar-refractivity contribution in [1.82, 2.24) is 0 Å². The van der Waals surface area contributed by atoms with E-state index in [4.69, 9.17) is 4.74 Å². The van der Waals surface area contributed by atoms with Crippen molar-refractivity contribution in [3.05, 3.63) is 89.3 Å². The number of carbonyl (C=O) groups excluding carboxylic acids is 1. The lowest BCUT2D eigenvalue weighted by Crippen LogP contribution is -2.12. The second-order valence-electron chi connectivity index (χ2n) is 8.02. The number of halogens is 3. The van der Waals surface area contributed by atoms with E-state index in [2.05, 4.69) is 19.1 Å². The first-order valence-electron chi connectivity index (χ1n) is 10.5. The lowest BCUT2D eigenvalue weighted by molar-refractivity contribution is 0.0735. The molecule has 0 radical (unpaired) electrons. The summed E-state index contributed by atoms with van der Waals surface area (Å²) in [6.07, 6.45) is 9.00. The van der Waals surface area contributed by atoms with E-state index in [-0.39, 0.29) is 16.5 Å². The first-order valence-corrected chi connectivity index (χ1v) is 10.5. The van der Waals surface area contributed by atoms with Crippen LogP contribution in [0.25, 0.3) is 10.8 Å². The fourth-order valence-corrected chi connectivity index (χ4v) is 4.32. The Morgan fingerprint density at radius 3 is 2.32 bits per heavy atom. The number of benzene rings is 3. The van der Waals surface area contributed by atoms with Crippen LogP contribution >= 0.6 is 0 Å². The van der Waals surface area contributed by atoms with Gasteiger partial charge >= 0.3 is 5.97 Å². The molecule has 0 aliphatic heterocycles. The molecular formula is C26H23F3O2. The smallest absolute Gasteiger partial charge is 0.343 e. The zero-order valence-electron chi connectivity index (χ0n) is 17.2. The van der Waals surface area contributed by atoms with E-state index < -0.39 is 23.4 Å². The van der Waals surface area contributed by atoms with Crippen molar-refractivity contribution in [2.45, 2.75) is 38.5 Å². The maximum absolute atomic E-state index is 13.8. The van der Waals surface area contributed by atoms with Crippen molar-refractivity contribution in [1.29, 1.82) is 0 Å². The predicted molar refractivity (Wildman–Crippen MR) is 115 cm³/mol. The fraction of sp³-hybridized carbons (Fsp3) is 0.269. The minimum Gasteiger partial charge on any atom is -0.423 e. The van der Waals surface area contributed by atoms with E-state index in [0.717, 1.165) is 18.9 Å². The highest BCUT2D eigenvalue weighted by molar-refractivity contribution is 5.92. The third-order valence-corrected chi connectivity index (χ3v) is 6.01. The van der Waals surface area contributed by atoms with Crippen molar-refractivity contribution < 1.29 is 22.7 Å². The Morgan fingerprint density at radius 1 is 0.935 bits per heavy atom. The summed E-state index contributed by atoms with van der Waals surface area (Å²) in [5.74, 6) is -3.34. The van der Waals surface area contributed by atoms with Crippen LogP contribution in [-0.2, 0) is 0 Å². The SMILES string of the molecule is C/C=C/C1CCC(c2ccc(C(=O)Oc3ccc4c(F)c(F)c(F)cc4c3)cc2)CC1. The molecule has 0 amide bonds. The second kappa shape index (κ2) is 8.96. The Kier molecular flexibility index (Phi) is 6.12. The molecule has 5 heteroatoms. The molecule has 1 aliphatic rings. The van der Waals surface area contributed by atoms with Crippen LogP contribution in [-0.4, -0.2) is 5.97 Å². The number of carbonyl (C=O) groups is 1. The summed E-state index contributed by atoms with van der Waals surface area (Å²) in [6, 6.07) is 12.2.